The van der Waals surface area contributed by atoms with E-state index in [4.69, 9.17) is 9.47 Å². The van der Waals surface area contributed by atoms with Crippen LogP contribution < -0.4 is 0 Å². The first-order valence-corrected chi connectivity index (χ1v) is 11.5. The minimum absolute atomic E-state index is 0.386. The average Bonchev–Trinajstić information content (AvgIpc) is 2.59. The average molecular weight is 369 g/mol. The Kier molecular flexibility index (Phi) is 20.7. The normalized spacial score (nSPS) is 12.1. The molecule has 0 fully saturated rings. The fourth-order valence-electron chi connectivity index (χ4n) is 3.02. The first-order valence-electron chi connectivity index (χ1n) is 11.5. The molecule has 0 saturated carbocycles. The third-order valence-corrected chi connectivity index (χ3v) is 4.60. The Hall–Kier alpha value is -0.340. The molecule has 0 aliphatic rings. The van der Waals surface area contributed by atoms with Crippen LogP contribution in [-0.4, -0.2) is 25.4 Å². The molecule has 0 rings (SSSR count). The van der Waals surface area contributed by atoms with Crippen LogP contribution >= 0.6 is 0 Å². The zero-order valence-corrected chi connectivity index (χ0v) is 18.4. The van der Waals surface area contributed by atoms with Crippen molar-refractivity contribution in [3.05, 3.63) is 12.2 Å². The van der Waals surface area contributed by atoms with Crippen molar-refractivity contribution in [2.45, 2.75) is 130 Å². The van der Waals surface area contributed by atoms with Crippen LogP contribution in [0.25, 0.3) is 0 Å². The number of rotatable bonds is 20. The van der Waals surface area contributed by atoms with Crippen LogP contribution in [0.5, 0.6) is 0 Å². The Labute approximate surface area is 165 Å². The first kappa shape index (κ1) is 25.7. The second-order valence-electron chi connectivity index (χ2n) is 8.13. The molecule has 156 valence electrons. The Morgan fingerprint density at radius 3 is 1.12 bits per heavy atom. The summed E-state index contributed by atoms with van der Waals surface area (Å²) in [6.45, 7) is 10.3. The van der Waals surface area contributed by atoms with Crippen molar-refractivity contribution in [1.82, 2.24) is 0 Å². The van der Waals surface area contributed by atoms with Gasteiger partial charge in [-0.15, -0.1) is 0 Å². The van der Waals surface area contributed by atoms with Gasteiger partial charge in [-0.3, -0.25) is 0 Å². The summed E-state index contributed by atoms with van der Waals surface area (Å²) < 4.78 is 11.1. The Morgan fingerprint density at radius 1 is 0.462 bits per heavy atom. The van der Waals surface area contributed by atoms with E-state index in [0.717, 1.165) is 13.2 Å². The lowest BCUT2D eigenvalue weighted by Gasteiger charge is -2.06. The van der Waals surface area contributed by atoms with Gasteiger partial charge in [0.2, 0.25) is 0 Å². The summed E-state index contributed by atoms with van der Waals surface area (Å²) in [4.78, 5) is 0. The van der Waals surface area contributed by atoms with Crippen molar-refractivity contribution in [3.8, 4) is 0 Å². The maximum absolute atomic E-state index is 5.56. The van der Waals surface area contributed by atoms with Gasteiger partial charge in [0.25, 0.3) is 0 Å². The van der Waals surface area contributed by atoms with Gasteiger partial charge in [0.15, 0.2) is 0 Å². The van der Waals surface area contributed by atoms with Gasteiger partial charge in [-0.1, -0.05) is 63.5 Å². The molecule has 0 unspecified atom stereocenters. The fourth-order valence-corrected chi connectivity index (χ4v) is 3.02. The summed E-state index contributed by atoms with van der Waals surface area (Å²) in [5, 5.41) is 0. The van der Waals surface area contributed by atoms with E-state index in [-0.39, 0.29) is 0 Å². The summed E-state index contributed by atoms with van der Waals surface area (Å²) in [7, 11) is 0. The molecule has 0 saturated heterocycles. The zero-order chi connectivity index (χ0) is 19.3. The summed E-state index contributed by atoms with van der Waals surface area (Å²) in [6.07, 6.45) is 24.2. The molecule has 0 heterocycles. The number of unbranched alkanes of at least 4 members (excludes halogenated alkanes) is 12. The minimum Gasteiger partial charge on any atom is -0.379 e. The minimum atomic E-state index is 0.386. The van der Waals surface area contributed by atoms with E-state index in [2.05, 4.69) is 39.8 Å². The number of hydrogen-bond donors (Lipinski definition) is 0. The van der Waals surface area contributed by atoms with Crippen LogP contribution in [0.4, 0.5) is 0 Å². The smallest absolute Gasteiger partial charge is 0.0518 e. The molecule has 26 heavy (non-hydrogen) atoms. The van der Waals surface area contributed by atoms with Gasteiger partial charge in [0, 0.05) is 13.2 Å². The van der Waals surface area contributed by atoms with Gasteiger partial charge >= 0.3 is 0 Å². The van der Waals surface area contributed by atoms with Crippen LogP contribution in [0, 0.1) is 0 Å². The molecule has 0 spiro atoms. The standard InChI is InChI=1S/C24H48O2/c1-23(2)25-21-19-17-15-13-11-9-7-5-6-8-10-12-14-16-18-20-22-26-24(3)4/h5-6,23-24H,7-22H2,1-4H3. The van der Waals surface area contributed by atoms with Crippen molar-refractivity contribution >= 4 is 0 Å². The van der Waals surface area contributed by atoms with E-state index in [0.29, 0.717) is 12.2 Å². The Bertz CT molecular complexity index is 256. The molecule has 0 aromatic heterocycles. The van der Waals surface area contributed by atoms with E-state index < -0.39 is 0 Å². The van der Waals surface area contributed by atoms with Gasteiger partial charge in [0.05, 0.1) is 12.2 Å². The topological polar surface area (TPSA) is 18.5 Å². The quantitative estimate of drug-likeness (QED) is 0.161. The van der Waals surface area contributed by atoms with Crippen molar-refractivity contribution in [2.24, 2.45) is 0 Å². The van der Waals surface area contributed by atoms with E-state index in [1.807, 2.05) is 0 Å². The second-order valence-corrected chi connectivity index (χ2v) is 8.13. The molecule has 0 aromatic carbocycles. The van der Waals surface area contributed by atoms with Crippen molar-refractivity contribution < 1.29 is 9.47 Å². The van der Waals surface area contributed by atoms with E-state index in [1.54, 1.807) is 0 Å². The second kappa shape index (κ2) is 21.0. The molecule has 0 aromatic rings. The fraction of sp³-hybridized carbons (Fsp3) is 0.917. The first-order chi connectivity index (χ1) is 12.6. The van der Waals surface area contributed by atoms with E-state index in [9.17, 15) is 0 Å². The van der Waals surface area contributed by atoms with Gasteiger partial charge in [-0.2, -0.15) is 0 Å². The number of hydrogen-bond acceptors (Lipinski definition) is 2. The SMILES string of the molecule is CC(C)OCCCCCCCCC=CCCCCCCCCOC(C)C. The van der Waals surface area contributed by atoms with Crippen molar-refractivity contribution in [1.29, 1.82) is 0 Å². The Morgan fingerprint density at radius 2 is 0.769 bits per heavy atom. The maximum atomic E-state index is 5.56. The molecular weight excluding hydrogens is 320 g/mol. The van der Waals surface area contributed by atoms with Crippen LogP contribution in [0.15, 0.2) is 12.2 Å². The Balaban J connectivity index is 3.09. The predicted molar refractivity (Wildman–Crippen MR) is 116 cm³/mol. The highest BCUT2D eigenvalue weighted by Crippen LogP contribution is 2.10. The van der Waals surface area contributed by atoms with Crippen LogP contribution in [0.3, 0.4) is 0 Å². The highest BCUT2D eigenvalue weighted by Gasteiger charge is 1.95. The largest absolute Gasteiger partial charge is 0.379 e. The van der Waals surface area contributed by atoms with Gasteiger partial charge < -0.3 is 9.47 Å². The molecule has 0 atom stereocenters. The van der Waals surface area contributed by atoms with Gasteiger partial charge in [0.1, 0.15) is 0 Å². The monoisotopic (exact) mass is 368 g/mol. The summed E-state index contributed by atoms with van der Waals surface area (Å²) >= 11 is 0. The van der Waals surface area contributed by atoms with Crippen molar-refractivity contribution in [2.75, 3.05) is 13.2 Å². The molecule has 0 aliphatic heterocycles. The highest BCUT2D eigenvalue weighted by molar-refractivity contribution is 4.81. The lowest BCUT2D eigenvalue weighted by atomic mass is 10.1. The molecule has 2 nitrogen and oxygen atoms in total. The summed E-state index contributed by atoms with van der Waals surface area (Å²) in [5.41, 5.74) is 0. The summed E-state index contributed by atoms with van der Waals surface area (Å²) in [5.74, 6) is 0. The number of allylic oxidation sites excluding steroid dienone is 2. The van der Waals surface area contributed by atoms with Crippen LogP contribution in [0.1, 0.15) is 118 Å². The molecule has 0 radical (unpaired) electrons. The zero-order valence-electron chi connectivity index (χ0n) is 18.4. The molecular formula is C24H48O2. The highest BCUT2D eigenvalue weighted by atomic mass is 16.5. The van der Waals surface area contributed by atoms with E-state index >= 15 is 0 Å². The lowest BCUT2D eigenvalue weighted by Crippen LogP contribution is -2.03. The lowest BCUT2D eigenvalue weighted by molar-refractivity contribution is 0.0754. The molecule has 2 heteroatoms. The molecule has 0 bridgehead atoms. The molecule has 0 amide bonds. The predicted octanol–water partition coefficient (Wildman–Crippen LogP) is 7.85. The maximum Gasteiger partial charge on any atom is 0.0518 e. The third-order valence-electron chi connectivity index (χ3n) is 4.60. The van der Waals surface area contributed by atoms with Gasteiger partial charge in [-0.25, -0.2) is 0 Å². The van der Waals surface area contributed by atoms with Gasteiger partial charge in [-0.05, 0) is 66.2 Å². The van der Waals surface area contributed by atoms with Crippen molar-refractivity contribution in [3.63, 3.8) is 0 Å². The summed E-state index contributed by atoms with van der Waals surface area (Å²) in [6, 6.07) is 0. The molecule has 0 aliphatic carbocycles. The van der Waals surface area contributed by atoms with E-state index in [1.165, 1.54) is 89.9 Å². The number of ether oxygens (including phenoxy) is 2. The van der Waals surface area contributed by atoms with Crippen LogP contribution in [0.2, 0.25) is 0 Å². The molecule has 0 N–H and O–H groups in total. The third kappa shape index (κ3) is 23.7. The van der Waals surface area contributed by atoms with Crippen LogP contribution in [-0.2, 0) is 9.47 Å².